The first-order chi connectivity index (χ1) is 14.9. The van der Waals surface area contributed by atoms with Gasteiger partial charge in [0, 0.05) is 12.1 Å². The van der Waals surface area contributed by atoms with Gasteiger partial charge in [0.05, 0.1) is 25.4 Å². The van der Waals surface area contributed by atoms with E-state index in [9.17, 15) is 0 Å². The lowest BCUT2D eigenvalue weighted by Gasteiger charge is -2.43. The maximum Gasteiger partial charge on any atom is 0.0730 e. The summed E-state index contributed by atoms with van der Waals surface area (Å²) in [5, 5.41) is 7.62. The summed E-state index contributed by atoms with van der Waals surface area (Å²) in [4.78, 5) is 0. The van der Waals surface area contributed by atoms with Crippen LogP contribution in [0.15, 0.2) is 0 Å². The standard InChI is InChI=1S/C26H46N2O2/c1-2-8-22(18-30-24-14-4-10-20-12-6-16-28-26(20)24)21(7-1)17-29-23-13-3-9-19-11-5-15-27-25(19)23/h19-28H,1-18H2. The lowest BCUT2D eigenvalue weighted by molar-refractivity contribution is -0.0765. The van der Waals surface area contributed by atoms with Crippen LogP contribution in [0.4, 0.5) is 0 Å². The number of nitrogens with one attached hydrogen (secondary N) is 2. The summed E-state index contributed by atoms with van der Waals surface area (Å²) < 4.78 is 13.3. The van der Waals surface area contributed by atoms with Gasteiger partial charge in [-0.2, -0.15) is 0 Å². The van der Waals surface area contributed by atoms with Gasteiger partial charge in [-0.15, -0.1) is 0 Å². The van der Waals surface area contributed by atoms with Crippen molar-refractivity contribution >= 4 is 0 Å². The molecule has 0 amide bonds. The number of ether oxygens (including phenoxy) is 2. The Morgan fingerprint density at radius 2 is 0.967 bits per heavy atom. The van der Waals surface area contributed by atoms with Gasteiger partial charge in [-0.25, -0.2) is 0 Å². The average Bonchev–Trinajstić information content (AvgIpc) is 2.82. The van der Waals surface area contributed by atoms with Crippen molar-refractivity contribution in [2.45, 2.75) is 114 Å². The van der Waals surface area contributed by atoms with E-state index >= 15 is 0 Å². The Bertz CT molecular complexity index is 479. The maximum atomic E-state index is 6.67. The zero-order valence-corrected chi connectivity index (χ0v) is 19.2. The highest BCUT2D eigenvalue weighted by molar-refractivity contribution is 4.93. The lowest BCUT2D eigenvalue weighted by Crippen LogP contribution is -2.53. The van der Waals surface area contributed by atoms with Crippen LogP contribution < -0.4 is 10.6 Å². The SMILES string of the molecule is C1CCC(COC2CCCC3CCCNC32)C(COC2CCCC3CCCNC32)C1. The van der Waals surface area contributed by atoms with Gasteiger partial charge in [0.25, 0.3) is 0 Å². The van der Waals surface area contributed by atoms with Gasteiger partial charge in [-0.3, -0.25) is 0 Å². The Labute approximate surface area is 184 Å². The van der Waals surface area contributed by atoms with Crippen molar-refractivity contribution in [3.05, 3.63) is 0 Å². The number of piperidine rings is 2. The monoisotopic (exact) mass is 418 g/mol. The summed E-state index contributed by atoms with van der Waals surface area (Å²) in [6.07, 6.45) is 20.0. The molecule has 30 heavy (non-hydrogen) atoms. The van der Waals surface area contributed by atoms with E-state index in [0.29, 0.717) is 36.1 Å². The molecule has 0 aromatic carbocycles. The molecule has 0 radical (unpaired) electrons. The van der Waals surface area contributed by atoms with E-state index < -0.39 is 0 Å². The minimum atomic E-state index is 0.457. The van der Waals surface area contributed by atoms with Crippen LogP contribution in [0.2, 0.25) is 0 Å². The molecule has 0 aromatic heterocycles. The van der Waals surface area contributed by atoms with Crippen LogP contribution in [0.3, 0.4) is 0 Å². The molecule has 2 heterocycles. The summed E-state index contributed by atoms with van der Waals surface area (Å²) in [5.74, 6) is 3.15. The van der Waals surface area contributed by atoms with Gasteiger partial charge in [0.15, 0.2) is 0 Å². The quantitative estimate of drug-likeness (QED) is 0.658. The molecule has 5 aliphatic rings. The molecule has 5 rings (SSSR count). The Balaban J connectivity index is 1.12. The van der Waals surface area contributed by atoms with Crippen molar-refractivity contribution in [2.24, 2.45) is 23.7 Å². The zero-order chi connectivity index (χ0) is 20.2. The maximum absolute atomic E-state index is 6.67. The Hall–Kier alpha value is -0.160. The molecule has 4 nitrogen and oxygen atoms in total. The highest BCUT2D eigenvalue weighted by Gasteiger charge is 2.38. The number of hydrogen-bond donors (Lipinski definition) is 2. The predicted octanol–water partition coefficient (Wildman–Crippen LogP) is 4.67. The summed E-state index contributed by atoms with van der Waals surface area (Å²) in [6, 6.07) is 1.25. The molecule has 0 aromatic rings. The Kier molecular flexibility index (Phi) is 7.69. The van der Waals surface area contributed by atoms with Crippen LogP contribution in [0, 0.1) is 23.7 Å². The minimum Gasteiger partial charge on any atom is -0.376 e. The van der Waals surface area contributed by atoms with Crippen LogP contribution in [0.5, 0.6) is 0 Å². The molecule has 3 aliphatic carbocycles. The van der Waals surface area contributed by atoms with Crippen LogP contribution in [-0.4, -0.2) is 50.6 Å². The molecular weight excluding hydrogens is 372 g/mol. The Morgan fingerprint density at radius 3 is 1.47 bits per heavy atom. The highest BCUT2D eigenvalue weighted by Crippen LogP contribution is 2.37. The van der Waals surface area contributed by atoms with Gasteiger partial charge in [-0.1, -0.05) is 25.7 Å². The summed E-state index contributed by atoms with van der Waals surface area (Å²) >= 11 is 0. The lowest BCUT2D eigenvalue weighted by atomic mass is 9.77. The Morgan fingerprint density at radius 1 is 0.500 bits per heavy atom. The molecule has 3 saturated carbocycles. The van der Waals surface area contributed by atoms with Crippen molar-refractivity contribution in [3.63, 3.8) is 0 Å². The van der Waals surface area contributed by atoms with Gasteiger partial charge in [0.1, 0.15) is 0 Å². The van der Waals surface area contributed by atoms with Crippen LogP contribution in [0.1, 0.15) is 89.9 Å². The molecule has 2 saturated heterocycles. The fraction of sp³-hybridized carbons (Fsp3) is 1.00. The normalized spacial score (nSPS) is 44.8. The predicted molar refractivity (Wildman–Crippen MR) is 122 cm³/mol. The molecule has 8 atom stereocenters. The fourth-order valence-corrected chi connectivity index (χ4v) is 7.59. The van der Waals surface area contributed by atoms with Crippen LogP contribution >= 0.6 is 0 Å². The third kappa shape index (κ3) is 5.08. The smallest absolute Gasteiger partial charge is 0.0730 e. The van der Waals surface area contributed by atoms with E-state index in [4.69, 9.17) is 9.47 Å². The number of rotatable bonds is 6. The van der Waals surface area contributed by atoms with E-state index in [0.717, 1.165) is 25.0 Å². The first-order valence-corrected chi connectivity index (χ1v) is 13.6. The molecule has 8 unspecified atom stereocenters. The topological polar surface area (TPSA) is 42.5 Å². The van der Waals surface area contributed by atoms with E-state index in [-0.39, 0.29) is 0 Å². The molecular formula is C26H46N2O2. The van der Waals surface area contributed by atoms with Crippen molar-refractivity contribution in [3.8, 4) is 0 Å². The molecule has 4 heteroatoms. The highest BCUT2D eigenvalue weighted by atomic mass is 16.5. The van der Waals surface area contributed by atoms with E-state index in [1.165, 1.54) is 103 Å². The van der Waals surface area contributed by atoms with Gasteiger partial charge < -0.3 is 20.1 Å². The molecule has 2 N–H and O–H groups in total. The molecule has 172 valence electrons. The number of fused-ring (bicyclic) bond motifs is 2. The van der Waals surface area contributed by atoms with Crippen LogP contribution in [0.25, 0.3) is 0 Å². The molecule has 0 spiro atoms. The van der Waals surface area contributed by atoms with Crippen molar-refractivity contribution in [1.82, 2.24) is 10.6 Å². The molecule has 5 fully saturated rings. The zero-order valence-electron chi connectivity index (χ0n) is 19.2. The van der Waals surface area contributed by atoms with Crippen LogP contribution in [-0.2, 0) is 9.47 Å². The minimum absolute atomic E-state index is 0.457. The van der Waals surface area contributed by atoms with Crippen molar-refractivity contribution < 1.29 is 9.47 Å². The van der Waals surface area contributed by atoms with Gasteiger partial charge >= 0.3 is 0 Å². The van der Waals surface area contributed by atoms with Crippen molar-refractivity contribution in [1.29, 1.82) is 0 Å². The fourth-order valence-electron chi connectivity index (χ4n) is 7.59. The summed E-state index contributed by atoms with van der Waals surface area (Å²) in [7, 11) is 0. The third-order valence-electron chi connectivity index (χ3n) is 9.32. The second-order valence-electron chi connectivity index (χ2n) is 11.2. The van der Waals surface area contributed by atoms with E-state index in [2.05, 4.69) is 10.6 Å². The van der Waals surface area contributed by atoms with Gasteiger partial charge in [-0.05, 0) is 101 Å². The summed E-state index contributed by atoms with van der Waals surface area (Å²) in [6.45, 7) is 4.33. The largest absolute Gasteiger partial charge is 0.376 e. The van der Waals surface area contributed by atoms with E-state index in [1.807, 2.05) is 0 Å². The molecule has 0 bridgehead atoms. The van der Waals surface area contributed by atoms with E-state index in [1.54, 1.807) is 0 Å². The van der Waals surface area contributed by atoms with Gasteiger partial charge in [0.2, 0.25) is 0 Å². The number of hydrogen-bond acceptors (Lipinski definition) is 4. The average molecular weight is 419 g/mol. The second-order valence-corrected chi connectivity index (χ2v) is 11.2. The third-order valence-corrected chi connectivity index (χ3v) is 9.32. The first kappa shape index (κ1) is 21.7. The van der Waals surface area contributed by atoms with Crippen molar-refractivity contribution in [2.75, 3.05) is 26.3 Å². The first-order valence-electron chi connectivity index (χ1n) is 13.6. The second kappa shape index (κ2) is 10.6. The molecule has 2 aliphatic heterocycles. The summed E-state index contributed by atoms with van der Waals surface area (Å²) in [5.41, 5.74) is 0.